The highest BCUT2D eigenvalue weighted by Gasteiger charge is 2.32. The van der Waals surface area contributed by atoms with Crippen LogP contribution in [0.1, 0.15) is 29.8 Å². The van der Waals surface area contributed by atoms with E-state index in [0.717, 1.165) is 42.2 Å². The molecule has 1 aromatic carbocycles. The van der Waals surface area contributed by atoms with Crippen molar-refractivity contribution in [1.29, 1.82) is 0 Å². The fraction of sp³-hybridized carbons (Fsp3) is 0.350. The number of fused-ring (bicyclic) bond motifs is 2. The van der Waals surface area contributed by atoms with Gasteiger partial charge in [-0.1, -0.05) is 18.2 Å². The predicted octanol–water partition coefficient (Wildman–Crippen LogP) is 3.38. The van der Waals surface area contributed by atoms with E-state index in [0.29, 0.717) is 17.8 Å². The van der Waals surface area contributed by atoms with Crippen LogP contribution in [0.4, 0.5) is 0 Å². The number of hydrogen-bond donors (Lipinski definition) is 1. The molecule has 0 radical (unpaired) electrons. The summed E-state index contributed by atoms with van der Waals surface area (Å²) in [5.41, 5.74) is 2.48. The second-order valence-electron chi connectivity index (χ2n) is 7.22. The third-order valence-electron chi connectivity index (χ3n) is 5.38. The van der Waals surface area contributed by atoms with Crippen LogP contribution in [0.25, 0.3) is 16.3 Å². The van der Waals surface area contributed by atoms with Crippen molar-refractivity contribution in [3.63, 3.8) is 0 Å². The fourth-order valence-electron chi connectivity index (χ4n) is 3.95. The first-order chi connectivity index (χ1) is 13.3. The van der Waals surface area contributed by atoms with Crippen LogP contribution in [-0.2, 0) is 0 Å². The molecule has 2 aliphatic rings. The van der Waals surface area contributed by atoms with Crippen LogP contribution >= 0.6 is 23.7 Å². The maximum absolute atomic E-state index is 12.9. The number of thiazole rings is 1. The lowest BCUT2D eigenvalue weighted by Gasteiger charge is -2.23. The summed E-state index contributed by atoms with van der Waals surface area (Å²) in [6.07, 6.45) is 7.18. The molecule has 146 valence electrons. The van der Waals surface area contributed by atoms with E-state index in [9.17, 15) is 4.79 Å². The van der Waals surface area contributed by atoms with Crippen LogP contribution in [0, 0.1) is 0 Å². The Labute approximate surface area is 174 Å². The zero-order valence-corrected chi connectivity index (χ0v) is 17.0. The molecule has 0 aliphatic carbocycles. The SMILES string of the molecule is Cl.O=C(c1csc(-c2cnn(-c3ccccc3)c2)n1)N1CCC2CCC(C1)N2. The van der Waals surface area contributed by atoms with E-state index < -0.39 is 0 Å². The van der Waals surface area contributed by atoms with E-state index in [2.05, 4.69) is 15.4 Å². The highest BCUT2D eigenvalue weighted by Crippen LogP contribution is 2.26. The van der Waals surface area contributed by atoms with Gasteiger partial charge in [0.05, 0.1) is 11.9 Å². The minimum Gasteiger partial charge on any atom is -0.336 e. The van der Waals surface area contributed by atoms with Crippen molar-refractivity contribution in [2.24, 2.45) is 0 Å². The molecule has 2 saturated heterocycles. The lowest BCUT2D eigenvalue weighted by Crippen LogP contribution is -2.39. The summed E-state index contributed by atoms with van der Waals surface area (Å²) in [7, 11) is 0. The average Bonchev–Trinajstić information content (AvgIpc) is 3.41. The van der Waals surface area contributed by atoms with Crippen molar-refractivity contribution in [1.82, 2.24) is 25.0 Å². The maximum atomic E-state index is 12.9. The minimum atomic E-state index is 0. The average molecular weight is 416 g/mol. The molecule has 2 aliphatic heterocycles. The summed E-state index contributed by atoms with van der Waals surface area (Å²) in [6.45, 7) is 1.60. The van der Waals surface area contributed by atoms with Gasteiger partial charge in [0.15, 0.2) is 0 Å². The number of benzene rings is 1. The number of carbonyl (C=O) groups is 1. The van der Waals surface area contributed by atoms with Crippen LogP contribution in [0.15, 0.2) is 48.1 Å². The summed E-state index contributed by atoms with van der Waals surface area (Å²) in [5, 5.41) is 10.7. The van der Waals surface area contributed by atoms with Gasteiger partial charge in [-0.2, -0.15) is 5.10 Å². The third kappa shape index (κ3) is 3.70. The zero-order chi connectivity index (χ0) is 18.2. The van der Waals surface area contributed by atoms with Crippen molar-refractivity contribution in [2.75, 3.05) is 13.1 Å². The molecule has 0 spiro atoms. The summed E-state index contributed by atoms with van der Waals surface area (Å²) >= 11 is 1.50. The quantitative estimate of drug-likeness (QED) is 0.712. The van der Waals surface area contributed by atoms with Gasteiger partial charge in [0.2, 0.25) is 0 Å². The molecular weight excluding hydrogens is 394 g/mol. The molecule has 2 atom stereocenters. The number of para-hydroxylation sites is 1. The summed E-state index contributed by atoms with van der Waals surface area (Å²) < 4.78 is 1.83. The van der Waals surface area contributed by atoms with Gasteiger partial charge in [0, 0.05) is 42.3 Å². The van der Waals surface area contributed by atoms with Gasteiger partial charge in [0.1, 0.15) is 10.7 Å². The number of halogens is 1. The van der Waals surface area contributed by atoms with E-state index in [-0.39, 0.29) is 18.3 Å². The molecule has 2 aromatic heterocycles. The van der Waals surface area contributed by atoms with Gasteiger partial charge in [-0.25, -0.2) is 9.67 Å². The number of nitrogens with zero attached hydrogens (tertiary/aromatic N) is 4. The van der Waals surface area contributed by atoms with Crippen LogP contribution in [0.2, 0.25) is 0 Å². The first kappa shape index (κ1) is 19.1. The van der Waals surface area contributed by atoms with Crippen molar-refractivity contribution in [3.05, 3.63) is 53.8 Å². The number of nitrogens with one attached hydrogen (secondary N) is 1. The summed E-state index contributed by atoms with van der Waals surface area (Å²) in [4.78, 5) is 19.5. The Kier molecular flexibility index (Phi) is 5.48. The number of rotatable bonds is 3. The molecule has 28 heavy (non-hydrogen) atoms. The number of hydrogen-bond acceptors (Lipinski definition) is 5. The van der Waals surface area contributed by atoms with E-state index in [4.69, 9.17) is 0 Å². The molecule has 1 amide bonds. The molecule has 2 bridgehead atoms. The molecular formula is C20H22ClN5OS. The molecule has 8 heteroatoms. The lowest BCUT2D eigenvalue weighted by molar-refractivity contribution is 0.0743. The van der Waals surface area contributed by atoms with E-state index >= 15 is 0 Å². The van der Waals surface area contributed by atoms with Crippen molar-refractivity contribution in [3.8, 4) is 16.3 Å². The molecule has 2 unspecified atom stereocenters. The maximum Gasteiger partial charge on any atom is 0.273 e. The Bertz CT molecular complexity index is 956. The van der Waals surface area contributed by atoms with Crippen LogP contribution in [-0.4, -0.2) is 50.7 Å². The number of likely N-dealkylation sites (tertiary alicyclic amines) is 1. The van der Waals surface area contributed by atoms with Gasteiger partial charge >= 0.3 is 0 Å². The van der Waals surface area contributed by atoms with Crippen LogP contribution < -0.4 is 5.32 Å². The zero-order valence-electron chi connectivity index (χ0n) is 15.3. The Hall–Kier alpha value is -2.22. The lowest BCUT2D eigenvalue weighted by atomic mass is 10.1. The fourth-order valence-corrected chi connectivity index (χ4v) is 4.72. The monoisotopic (exact) mass is 415 g/mol. The van der Waals surface area contributed by atoms with Gasteiger partial charge in [0.25, 0.3) is 5.91 Å². The van der Waals surface area contributed by atoms with Crippen LogP contribution in [0.5, 0.6) is 0 Å². The van der Waals surface area contributed by atoms with Gasteiger partial charge in [-0.3, -0.25) is 4.79 Å². The largest absolute Gasteiger partial charge is 0.336 e. The van der Waals surface area contributed by atoms with Crippen LogP contribution in [0.3, 0.4) is 0 Å². The molecule has 0 saturated carbocycles. The molecule has 6 nitrogen and oxygen atoms in total. The normalized spacial score (nSPS) is 21.2. The standard InChI is InChI=1S/C20H21N5OS.ClH/c26-20(24-9-8-15-6-7-16(12-24)22-15)18-13-27-19(23-18)14-10-21-25(11-14)17-4-2-1-3-5-17;/h1-5,10-11,13,15-16,22H,6-9,12H2;1H. The first-order valence-electron chi connectivity index (χ1n) is 9.37. The van der Waals surface area contributed by atoms with E-state index in [1.165, 1.54) is 17.8 Å². The van der Waals surface area contributed by atoms with Crippen molar-refractivity contribution in [2.45, 2.75) is 31.3 Å². The van der Waals surface area contributed by atoms with Gasteiger partial charge < -0.3 is 10.2 Å². The Balaban J connectivity index is 0.00000192. The number of carbonyl (C=O) groups excluding carboxylic acids is 1. The van der Waals surface area contributed by atoms with Gasteiger partial charge in [-0.15, -0.1) is 23.7 Å². The third-order valence-corrected chi connectivity index (χ3v) is 6.28. The van der Waals surface area contributed by atoms with Crippen molar-refractivity contribution < 1.29 is 4.79 Å². The molecule has 1 N–H and O–H groups in total. The molecule has 2 fully saturated rings. The Morgan fingerprint density at radius 2 is 1.96 bits per heavy atom. The minimum absolute atomic E-state index is 0. The Morgan fingerprint density at radius 1 is 1.14 bits per heavy atom. The smallest absolute Gasteiger partial charge is 0.273 e. The van der Waals surface area contributed by atoms with Gasteiger partial charge in [-0.05, 0) is 31.4 Å². The first-order valence-corrected chi connectivity index (χ1v) is 10.3. The van der Waals surface area contributed by atoms with E-state index in [1.54, 1.807) is 6.20 Å². The predicted molar refractivity (Wildman–Crippen MR) is 112 cm³/mol. The van der Waals surface area contributed by atoms with Crippen molar-refractivity contribution >= 4 is 29.7 Å². The second-order valence-corrected chi connectivity index (χ2v) is 8.08. The summed E-state index contributed by atoms with van der Waals surface area (Å²) in [5.74, 6) is 0.0438. The second kappa shape index (κ2) is 8.03. The Morgan fingerprint density at radius 3 is 2.82 bits per heavy atom. The molecule has 3 aromatic rings. The highest BCUT2D eigenvalue weighted by molar-refractivity contribution is 7.13. The topological polar surface area (TPSA) is 63.1 Å². The highest BCUT2D eigenvalue weighted by atomic mass is 35.5. The molecule has 5 rings (SSSR count). The number of aromatic nitrogens is 3. The van der Waals surface area contributed by atoms with E-state index in [1.807, 2.05) is 51.5 Å². The summed E-state index contributed by atoms with van der Waals surface area (Å²) in [6, 6.07) is 11.0. The number of amides is 1. The molecule has 4 heterocycles.